The average molecular weight is 281 g/mol. The SMILES string of the molecule is CCNC(CCN1CCCC1C)c1cccc(Cl)c1. The van der Waals surface area contributed by atoms with E-state index in [0.717, 1.165) is 24.0 Å². The van der Waals surface area contributed by atoms with Gasteiger partial charge in [-0.05, 0) is 57.0 Å². The van der Waals surface area contributed by atoms with E-state index in [-0.39, 0.29) is 0 Å². The molecular formula is C16H25ClN2. The van der Waals surface area contributed by atoms with Gasteiger partial charge in [-0.3, -0.25) is 0 Å². The van der Waals surface area contributed by atoms with E-state index in [1.54, 1.807) is 0 Å². The van der Waals surface area contributed by atoms with Crippen molar-refractivity contribution >= 4 is 11.6 Å². The zero-order valence-corrected chi connectivity index (χ0v) is 12.8. The molecule has 1 aliphatic heterocycles. The molecule has 0 amide bonds. The van der Waals surface area contributed by atoms with E-state index in [1.807, 2.05) is 12.1 Å². The molecule has 0 bridgehead atoms. The first kappa shape index (κ1) is 14.8. The molecule has 2 nitrogen and oxygen atoms in total. The molecule has 3 heteroatoms. The van der Waals surface area contributed by atoms with Gasteiger partial charge in [0, 0.05) is 23.7 Å². The van der Waals surface area contributed by atoms with Crippen LogP contribution in [0.4, 0.5) is 0 Å². The summed E-state index contributed by atoms with van der Waals surface area (Å²) in [4.78, 5) is 2.61. The second-order valence-electron chi connectivity index (χ2n) is 5.48. The molecule has 0 spiro atoms. The van der Waals surface area contributed by atoms with Crippen LogP contribution in [0.25, 0.3) is 0 Å². The normalized spacial score (nSPS) is 21.7. The Kier molecular flexibility index (Phi) is 5.68. The number of benzene rings is 1. The fraction of sp³-hybridized carbons (Fsp3) is 0.625. The van der Waals surface area contributed by atoms with Gasteiger partial charge in [-0.2, -0.15) is 0 Å². The molecular weight excluding hydrogens is 256 g/mol. The first-order valence-corrected chi connectivity index (χ1v) is 7.81. The van der Waals surface area contributed by atoms with Crippen molar-refractivity contribution in [3.63, 3.8) is 0 Å². The molecule has 1 N–H and O–H groups in total. The van der Waals surface area contributed by atoms with Gasteiger partial charge in [-0.1, -0.05) is 30.7 Å². The second-order valence-corrected chi connectivity index (χ2v) is 5.92. The molecule has 0 aliphatic carbocycles. The number of likely N-dealkylation sites (tertiary alicyclic amines) is 1. The third kappa shape index (κ3) is 4.20. The fourth-order valence-electron chi connectivity index (χ4n) is 2.98. The van der Waals surface area contributed by atoms with Crippen LogP contribution in [0.15, 0.2) is 24.3 Å². The minimum absolute atomic E-state index is 0.413. The minimum Gasteiger partial charge on any atom is -0.310 e. The summed E-state index contributed by atoms with van der Waals surface area (Å²) in [6.45, 7) is 7.93. The highest BCUT2D eigenvalue weighted by atomic mass is 35.5. The van der Waals surface area contributed by atoms with Crippen molar-refractivity contribution in [3.05, 3.63) is 34.9 Å². The highest BCUT2D eigenvalue weighted by molar-refractivity contribution is 6.30. The molecule has 19 heavy (non-hydrogen) atoms. The first-order chi connectivity index (χ1) is 9.20. The van der Waals surface area contributed by atoms with Gasteiger partial charge in [0.25, 0.3) is 0 Å². The summed E-state index contributed by atoms with van der Waals surface area (Å²) in [7, 11) is 0. The summed E-state index contributed by atoms with van der Waals surface area (Å²) in [5.74, 6) is 0. The molecule has 2 atom stereocenters. The number of rotatable bonds is 6. The van der Waals surface area contributed by atoms with Crippen molar-refractivity contribution in [3.8, 4) is 0 Å². The van der Waals surface area contributed by atoms with Crippen molar-refractivity contribution in [1.82, 2.24) is 10.2 Å². The maximum absolute atomic E-state index is 6.10. The van der Waals surface area contributed by atoms with E-state index < -0.39 is 0 Å². The molecule has 1 heterocycles. The zero-order chi connectivity index (χ0) is 13.7. The lowest BCUT2D eigenvalue weighted by Crippen LogP contribution is -2.31. The van der Waals surface area contributed by atoms with E-state index in [9.17, 15) is 0 Å². The summed E-state index contributed by atoms with van der Waals surface area (Å²) >= 11 is 6.10. The lowest BCUT2D eigenvalue weighted by molar-refractivity contribution is 0.252. The molecule has 1 aliphatic rings. The maximum Gasteiger partial charge on any atom is 0.0409 e. The Morgan fingerprint density at radius 1 is 1.47 bits per heavy atom. The van der Waals surface area contributed by atoms with Crippen LogP contribution < -0.4 is 5.32 Å². The van der Waals surface area contributed by atoms with E-state index in [4.69, 9.17) is 11.6 Å². The average Bonchev–Trinajstić information content (AvgIpc) is 2.80. The van der Waals surface area contributed by atoms with Crippen molar-refractivity contribution in [2.45, 2.75) is 45.2 Å². The van der Waals surface area contributed by atoms with Crippen LogP contribution >= 0.6 is 11.6 Å². The smallest absolute Gasteiger partial charge is 0.0409 e. The van der Waals surface area contributed by atoms with Gasteiger partial charge in [0.05, 0.1) is 0 Å². The molecule has 2 rings (SSSR count). The monoisotopic (exact) mass is 280 g/mol. The zero-order valence-electron chi connectivity index (χ0n) is 12.0. The van der Waals surface area contributed by atoms with Crippen LogP contribution in [0.1, 0.15) is 44.7 Å². The Bertz CT molecular complexity index is 394. The van der Waals surface area contributed by atoms with Gasteiger partial charge < -0.3 is 10.2 Å². The number of hydrogen-bond donors (Lipinski definition) is 1. The third-order valence-electron chi connectivity index (χ3n) is 4.10. The number of hydrogen-bond acceptors (Lipinski definition) is 2. The van der Waals surface area contributed by atoms with Gasteiger partial charge in [0.2, 0.25) is 0 Å². The van der Waals surface area contributed by atoms with E-state index in [1.165, 1.54) is 31.5 Å². The van der Waals surface area contributed by atoms with Gasteiger partial charge in [-0.25, -0.2) is 0 Å². The van der Waals surface area contributed by atoms with E-state index in [2.05, 4.69) is 36.2 Å². The predicted octanol–water partition coefficient (Wildman–Crippen LogP) is 3.87. The Labute approximate surface area is 122 Å². The Morgan fingerprint density at radius 2 is 2.32 bits per heavy atom. The van der Waals surface area contributed by atoms with Crippen LogP contribution in [0.2, 0.25) is 5.02 Å². The van der Waals surface area contributed by atoms with Crippen LogP contribution in [0.5, 0.6) is 0 Å². The van der Waals surface area contributed by atoms with E-state index >= 15 is 0 Å². The molecule has 0 saturated carbocycles. The third-order valence-corrected chi connectivity index (χ3v) is 4.33. The number of nitrogens with one attached hydrogen (secondary N) is 1. The van der Waals surface area contributed by atoms with Crippen LogP contribution in [0, 0.1) is 0 Å². The van der Waals surface area contributed by atoms with Crippen LogP contribution in [-0.4, -0.2) is 30.6 Å². The quantitative estimate of drug-likeness (QED) is 0.851. The van der Waals surface area contributed by atoms with Crippen LogP contribution in [0.3, 0.4) is 0 Å². The highest BCUT2D eigenvalue weighted by Gasteiger charge is 2.21. The predicted molar refractivity (Wildman–Crippen MR) is 82.8 cm³/mol. The van der Waals surface area contributed by atoms with Crippen molar-refractivity contribution in [2.24, 2.45) is 0 Å². The highest BCUT2D eigenvalue weighted by Crippen LogP contribution is 2.23. The lowest BCUT2D eigenvalue weighted by Gasteiger charge is -2.25. The fourth-order valence-corrected chi connectivity index (χ4v) is 3.17. The van der Waals surface area contributed by atoms with Crippen molar-refractivity contribution in [2.75, 3.05) is 19.6 Å². The summed E-state index contributed by atoms with van der Waals surface area (Å²) in [6, 6.07) is 9.41. The first-order valence-electron chi connectivity index (χ1n) is 7.43. The van der Waals surface area contributed by atoms with Gasteiger partial charge >= 0.3 is 0 Å². The van der Waals surface area contributed by atoms with Crippen molar-refractivity contribution < 1.29 is 0 Å². The number of halogens is 1. The maximum atomic E-state index is 6.10. The van der Waals surface area contributed by atoms with Gasteiger partial charge in [0.15, 0.2) is 0 Å². The molecule has 0 radical (unpaired) electrons. The number of nitrogens with zero attached hydrogens (tertiary/aromatic N) is 1. The Hall–Kier alpha value is -0.570. The molecule has 2 unspecified atom stereocenters. The van der Waals surface area contributed by atoms with Crippen molar-refractivity contribution in [1.29, 1.82) is 0 Å². The molecule has 0 aromatic heterocycles. The summed E-state index contributed by atoms with van der Waals surface area (Å²) in [5.41, 5.74) is 1.31. The molecule has 1 aromatic carbocycles. The van der Waals surface area contributed by atoms with Gasteiger partial charge in [0.1, 0.15) is 0 Å². The Balaban J connectivity index is 1.96. The van der Waals surface area contributed by atoms with Crippen LogP contribution in [-0.2, 0) is 0 Å². The summed E-state index contributed by atoms with van der Waals surface area (Å²) < 4.78 is 0. The van der Waals surface area contributed by atoms with Gasteiger partial charge in [-0.15, -0.1) is 0 Å². The topological polar surface area (TPSA) is 15.3 Å². The largest absolute Gasteiger partial charge is 0.310 e. The summed E-state index contributed by atoms with van der Waals surface area (Å²) in [6.07, 6.45) is 3.85. The molecule has 1 aromatic rings. The second kappa shape index (κ2) is 7.28. The standard InChI is InChI=1S/C16H25ClN2/c1-3-18-16(14-7-4-8-15(17)12-14)9-11-19-10-5-6-13(19)2/h4,7-8,12-13,16,18H,3,5-6,9-11H2,1-2H3. The molecule has 106 valence electrons. The molecule has 1 saturated heterocycles. The lowest BCUT2D eigenvalue weighted by atomic mass is 10.0. The van der Waals surface area contributed by atoms with E-state index in [0.29, 0.717) is 6.04 Å². The molecule has 1 fully saturated rings. The minimum atomic E-state index is 0.413. The summed E-state index contributed by atoms with van der Waals surface area (Å²) in [5, 5.41) is 4.41. The Morgan fingerprint density at radius 3 is 2.95 bits per heavy atom.